The van der Waals surface area contributed by atoms with E-state index in [0.717, 1.165) is 5.69 Å². The fourth-order valence-electron chi connectivity index (χ4n) is 1.72. The Bertz CT molecular complexity index is 649. The van der Waals surface area contributed by atoms with E-state index >= 15 is 0 Å². The van der Waals surface area contributed by atoms with E-state index in [9.17, 15) is 4.79 Å². The van der Waals surface area contributed by atoms with Crippen LogP contribution in [0.25, 0.3) is 5.69 Å². The second-order valence-electron chi connectivity index (χ2n) is 4.00. The zero-order chi connectivity index (χ0) is 14.5. The molecule has 0 aliphatic carbocycles. The first-order valence-electron chi connectivity index (χ1n) is 5.99. The van der Waals surface area contributed by atoms with Gasteiger partial charge in [-0.15, -0.1) is 0 Å². The van der Waals surface area contributed by atoms with E-state index < -0.39 is 0 Å². The number of rotatable bonds is 5. The summed E-state index contributed by atoms with van der Waals surface area (Å²) in [7, 11) is 1.58. The molecule has 0 saturated heterocycles. The molecule has 0 aliphatic rings. The number of aromatic nitrogens is 1. The highest BCUT2D eigenvalue weighted by atomic mass is 32.1. The van der Waals surface area contributed by atoms with E-state index in [4.69, 9.17) is 22.7 Å². The minimum absolute atomic E-state index is 0.231. The molecular formula is C13H15N3O2S2. The number of para-hydroxylation sites is 1. The van der Waals surface area contributed by atoms with Crippen LogP contribution in [0.4, 0.5) is 5.82 Å². The lowest BCUT2D eigenvalue weighted by molar-refractivity contribution is 0.0941. The summed E-state index contributed by atoms with van der Waals surface area (Å²) >= 11 is 6.50. The molecule has 0 saturated carbocycles. The largest absolute Gasteiger partial charge is 0.383 e. The Balaban J connectivity index is 2.30. The second kappa shape index (κ2) is 6.65. The third-order valence-electron chi connectivity index (χ3n) is 2.66. The van der Waals surface area contributed by atoms with Gasteiger partial charge in [0.1, 0.15) is 10.7 Å². The molecule has 20 heavy (non-hydrogen) atoms. The minimum Gasteiger partial charge on any atom is -0.383 e. The van der Waals surface area contributed by atoms with Crippen molar-refractivity contribution in [2.45, 2.75) is 0 Å². The molecule has 2 rings (SSSR count). The Morgan fingerprint density at radius 1 is 1.45 bits per heavy atom. The summed E-state index contributed by atoms with van der Waals surface area (Å²) in [6.07, 6.45) is 0. The predicted octanol–water partition coefficient (Wildman–Crippen LogP) is 2.23. The van der Waals surface area contributed by atoms with Gasteiger partial charge in [0, 0.05) is 19.3 Å². The normalized spacial score (nSPS) is 10.4. The average Bonchev–Trinajstić information content (AvgIpc) is 2.75. The Kier molecular flexibility index (Phi) is 4.89. The van der Waals surface area contributed by atoms with Crippen molar-refractivity contribution in [1.29, 1.82) is 0 Å². The number of carbonyl (C=O) groups excluding carboxylic acids is 1. The van der Waals surface area contributed by atoms with Gasteiger partial charge in [0.15, 0.2) is 3.95 Å². The molecule has 0 atom stereocenters. The van der Waals surface area contributed by atoms with Gasteiger partial charge in [-0.25, -0.2) is 0 Å². The molecule has 1 heterocycles. The minimum atomic E-state index is -0.231. The van der Waals surface area contributed by atoms with Gasteiger partial charge in [0.2, 0.25) is 0 Å². The summed E-state index contributed by atoms with van der Waals surface area (Å²) in [6, 6.07) is 9.49. The first kappa shape index (κ1) is 14.7. The third kappa shape index (κ3) is 3.06. The number of thiazole rings is 1. The molecule has 106 valence electrons. The van der Waals surface area contributed by atoms with Crippen LogP contribution in [0, 0.1) is 3.95 Å². The van der Waals surface area contributed by atoms with Gasteiger partial charge in [0.05, 0.1) is 6.61 Å². The number of methoxy groups -OCH3 is 1. The van der Waals surface area contributed by atoms with E-state index in [-0.39, 0.29) is 5.91 Å². The van der Waals surface area contributed by atoms with E-state index in [0.29, 0.717) is 27.8 Å². The van der Waals surface area contributed by atoms with Crippen molar-refractivity contribution < 1.29 is 9.53 Å². The van der Waals surface area contributed by atoms with Gasteiger partial charge in [-0.3, -0.25) is 9.36 Å². The van der Waals surface area contributed by atoms with Crippen molar-refractivity contribution in [3.63, 3.8) is 0 Å². The molecule has 7 heteroatoms. The molecule has 1 aromatic heterocycles. The summed E-state index contributed by atoms with van der Waals surface area (Å²) in [5, 5.41) is 2.74. The summed E-state index contributed by atoms with van der Waals surface area (Å²) in [5.74, 6) is 0.131. The summed E-state index contributed by atoms with van der Waals surface area (Å²) < 4.78 is 7.13. The highest BCUT2D eigenvalue weighted by Gasteiger charge is 2.17. The lowest BCUT2D eigenvalue weighted by atomic mass is 10.3. The van der Waals surface area contributed by atoms with Crippen molar-refractivity contribution >= 4 is 35.3 Å². The number of ether oxygens (including phenoxy) is 1. The highest BCUT2D eigenvalue weighted by molar-refractivity contribution is 7.73. The van der Waals surface area contributed by atoms with Crippen LogP contribution in [0.1, 0.15) is 9.67 Å². The van der Waals surface area contributed by atoms with Crippen molar-refractivity contribution in [3.05, 3.63) is 39.2 Å². The van der Waals surface area contributed by atoms with E-state index in [1.165, 1.54) is 11.3 Å². The van der Waals surface area contributed by atoms with Crippen LogP contribution in [-0.2, 0) is 4.74 Å². The highest BCUT2D eigenvalue weighted by Crippen LogP contribution is 2.25. The number of nitrogen functional groups attached to an aromatic ring is 1. The van der Waals surface area contributed by atoms with Crippen LogP contribution >= 0.6 is 23.6 Å². The van der Waals surface area contributed by atoms with E-state index in [1.54, 1.807) is 11.7 Å². The topological polar surface area (TPSA) is 69.3 Å². The van der Waals surface area contributed by atoms with E-state index in [2.05, 4.69) is 5.32 Å². The van der Waals surface area contributed by atoms with Crippen molar-refractivity contribution in [2.24, 2.45) is 0 Å². The maximum absolute atomic E-state index is 12.0. The quantitative estimate of drug-likeness (QED) is 0.656. The number of benzene rings is 1. The molecule has 1 aromatic carbocycles. The molecule has 0 unspecified atom stereocenters. The van der Waals surface area contributed by atoms with Gasteiger partial charge in [-0.1, -0.05) is 29.5 Å². The molecule has 0 bridgehead atoms. The molecule has 0 aliphatic heterocycles. The van der Waals surface area contributed by atoms with Crippen LogP contribution < -0.4 is 11.1 Å². The Morgan fingerprint density at radius 3 is 2.80 bits per heavy atom. The number of hydrogen-bond donors (Lipinski definition) is 2. The molecule has 0 fully saturated rings. The lowest BCUT2D eigenvalue weighted by Crippen LogP contribution is -2.27. The zero-order valence-corrected chi connectivity index (χ0v) is 12.6. The summed E-state index contributed by atoms with van der Waals surface area (Å²) in [4.78, 5) is 12.5. The Labute approximate surface area is 126 Å². The smallest absolute Gasteiger partial charge is 0.265 e. The van der Waals surface area contributed by atoms with Gasteiger partial charge >= 0.3 is 0 Å². The van der Waals surface area contributed by atoms with Crippen molar-refractivity contribution in [2.75, 3.05) is 26.0 Å². The molecule has 3 N–H and O–H groups in total. The number of anilines is 1. The molecule has 5 nitrogen and oxygen atoms in total. The fourth-order valence-corrected chi connectivity index (χ4v) is 3.00. The van der Waals surface area contributed by atoms with Gasteiger partial charge in [-0.05, 0) is 24.4 Å². The van der Waals surface area contributed by atoms with Crippen LogP contribution in [-0.4, -0.2) is 30.7 Å². The Hall–Kier alpha value is -1.70. The molecule has 1 amide bonds. The lowest BCUT2D eigenvalue weighted by Gasteiger charge is -2.06. The van der Waals surface area contributed by atoms with Crippen LogP contribution in [0.15, 0.2) is 30.3 Å². The fraction of sp³-hybridized carbons (Fsp3) is 0.231. The number of hydrogen-bond acceptors (Lipinski definition) is 5. The van der Waals surface area contributed by atoms with Crippen molar-refractivity contribution in [1.82, 2.24) is 9.88 Å². The number of amides is 1. The number of nitrogens with two attached hydrogens (primary N) is 1. The number of nitrogens with one attached hydrogen (secondary N) is 1. The maximum atomic E-state index is 12.0. The monoisotopic (exact) mass is 309 g/mol. The summed E-state index contributed by atoms with van der Waals surface area (Å²) in [6.45, 7) is 0.890. The van der Waals surface area contributed by atoms with Crippen LogP contribution in [0.5, 0.6) is 0 Å². The standard InChI is InChI=1S/C13H15N3O2S2/c1-18-8-7-15-12(17)10-11(14)16(13(19)20-10)9-5-3-2-4-6-9/h2-6H,7-8,14H2,1H3,(H,15,17). The molecular weight excluding hydrogens is 294 g/mol. The molecule has 0 radical (unpaired) electrons. The van der Waals surface area contributed by atoms with E-state index in [1.807, 2.05) is 30.3 Å². The molecule has 0 spiro atoms. The SMILES string of the molecule is COCCNC(=O)c1sc(=S)n(-c2ccccc2)c1N. The Morgan fingerprint density at radius 2 is 2.15 bits per heavy atom. The van der Waals surface area contributed by atoms with Crippen LogP contribution in [0.3, 0.4) is 0 Å². The molecule has 2 aromatic rings. The second-order valence-corrected chi connectivity index (χ2v) is 5.65. The number of carbonyl (C=O) groups is 1. The van der Waals surface area contributed by atoms with Gasteiger partial charge in [0.25, 0.3) is 5.91 Å². The summed E-state index contributed by atoms with van der Waals surface area (Å²) in [5.41, 5.74) is 6.91. The van der Waals surface area contributed by atoms with Crippen molar-refractivity contribution in [3.8, 4) is 5.69 Å². The zero-order valence-electron chi connectivity index (χ0n) is 11.0. The third-order valence-corrected chi connectivity index (χ3v) is 4.05. The maximum Gasteiger partial charge on any atom is 0.265 e. The predicted molar refractivity (Wildman–Crippen MR) is 83.1 cm³/mol. The first-order valence-corrected chi connectivity index (χ1v) is 7.21. The average molecular weight is 309 g/mol. The van der Waals surface area contributed by atoms with Gasteiger partial charge < -0.3 is 15.8 Å². The van der Waals surface area contributed by atoms with Gasteiger partial charge in [-0.2, -0.15) is 0 Å². The van der Waals surface area contributed by atoms with Crippen LogP contribution in [0.2, 0.25) is 0 Å². The first-order chi connectivity index (χ1) is 9.65. The number of nitrogens with zero attached hydrogens (tertiary/aromatic N) is 1.